The van der Waals surface area contributed by atoms with Crippen molar-refractivity contribution < 1.29 is 45.7 Å². The molecule has 0 heterocycles. The summed E-state index contributed by atoms with van der Waals surface area (Å²) in [6.45, 7) is 4.85. The zero-order valence-corrected chi connectivity index (χ0v) is 12.7. The van der Waals surface area contributed by atoms with Crippen LogP contribution < -0.4 is 5.73 Å². The SMILES string of the molecule is CCC#N.CCCCCN.CF.[Pr]. The molecular weight excluding hydrogens is 296 g/mol. The number of halogens is 1. The molecule has 0 fully saturated rings. The van der Waals surface area contributed by atoms with E-state index in [4.69, 9.17) is 11.0 Å². The maximum Gasteiger partial charge on any atom is 0.0785 e. The minimum atomic E-state index is 0. The number of hydrogen-bond acceptors (Lipinski definition) is 2. The molecule has 0 aliphatic carbocycles. The molecule has 0 aromatic heterocycles. The molecule has 0 rings (SSSR count). The van der Waals surface area contributed by atoms with Gasteiger partial charge in [0, 0.05) is 47.7 Å². The number of nitriles is 1. The summed E-state index contributed by atoms with van der Waals surface area (Å²) in [5.74, 6) is 0. The van der Waals surface area contributed by atoms with Gasteiger partial charge in [-0.05, 0) is 13.0 Å². The molecule has 0 unspecified atom stereocenters. The van der Waals surface area contributed by atoms with E-state index in [0.717, 1.165) is 6.54 Å². The maximum absolute atomic E-state index is 9.50. The van der Waals surface area contributed by atoms with Gasteiger partial charge in [0.05, 0.1) is 13.2 Å². The Kier molecular flexibility index (Phi) is 69.9. The first-order valence-corrected chi connectivity index (χ1v) is 4.28. The second kappa shape index (κ2) is 38.6. The predicted molar refractivity (Wildman–Crippen MR) is 51.5 cm³/mol. The van der Waals surface area contributed by atoms with E-state index in [1.807, 2.05) is 13.0 Å². The Morgan fingerprint density at radius 1 is 1.23 bits per heavy atom. The average molecular weight is 317 g/mol. The van der Waals surface area contributed by atoms with Crippen molar-refractivity contribution in [3.05, 3.63) is 0 Å². The van der Waals surface area contributed by atoms with E-state index in [1.165, 1.54) is 19.3 Å². The molecule has 2 N–H and O–H groups in total. The van der Waals surface area contributed by atoms with Crippen molar-refractivity contribution in [2.75, 3.05) is 13.7 Å². The summed E-state index contributed by atoms with van der Waals surface area (Å²) >= 11 is 0. The van der Waals surface area contributed by atoms with Crippen molar-refractivity contribution in [2.24, 2.45) is 5.73 Å². The van der Waals surface area contributed by atoms with E-state index in [2.05, 4.69) is 6.92 Å². The van der Waals surface area contributed by atoms with Gasteiger partial charge in [0.15, 0.2) is 0 Å². The van der Waals surface area contributed by atoms with Crippen molar-refractivity contribution in [1.82, 2.24) is 0 Å². The minimum absolute atomic E-state index is 0. The first-order chi connectivity index (χ1) is 5.83. The van der Waals surface area contributed by atoms with Gasteiger partial charge in [-0.15, -0.1) is 0 Å². The van der Waals surface area contributed by atoms with Gasteiger partial charge in [0.2, 0.25) is 0 Å². The molecule has 0 aromatic rings. The summed E-state index contributed by atoms with van der Waals surface area (Å²) in [6, 6.07) is 1.93. The van der Waals surface area contributed by atoms with Gasteiger partial charge in [0.1, 0.15) is 0 Å². The molecule has 0 spiro atoms. The zero-order valence-electron chi connectivity index (χ0n) is 9.02. The van der Waals surface area contributed by atoms with Crippen molar-refractivity contribution in [3.8, 4) is 6.07 Å². The molecule has 4 heteroatoms. The number of alkyl halides is 1. The number of nitrogens with two attached hydrogens (primary N) is 1. The molecule has 0 saturated heterocycles. The van der Waals surface area contributed by atoms with Crippen molar-refractivity contribution in [3.63, 3.8) is 0 Å². The minimum Gasteiger partial charge on any atom is -0.330 e. The molecule has 0 amide bonds. The van der Waals surface area contributed by atoms with Crippen molar-refractivity contribution in [1.29, 1.82) is 5.26 Å². The van der Waals surface area contributed by atoms with Crippen LogP contribution in [0.5, 0.6) is 0 Å². The van der Waals surface area contributed by atoms with E-state index < -0.39 is 0 Å². The molecule has 0 saturated carbocycles. The zero-order chi connectivity index (χ0) is 10.2. The third-order valence-electron chi connectivity index (χ3n) is 0.966. The molecule has 1 radical (unpaired) electrons. The molecule has 0 aliphatic rings. The second-order valence-electron chi connectivity index (χ2n) is 2.01. The second-order valence-corrected chi connectivity index (χ2v) is 2.01. The molecular formula is C9H21FN2Pr. The summed E-state index contributed by atoms with van der Waals surface area (Å²) in [6.07, 6.45) is 4.38. The molecule has 13 heavy (non-hydrogen) atoms. The van der Waals surface area contributed by atoms with Crippen LogP contribution in [0, 0.1) is 52.6 Å². The third kappa shape index (κ3) is 65.4. The molecule has 0 aromatic carbocycles. The van der Waals surface area contributed by atoms with Crippen LogP contribution in [0.15, 0.2) is 0 Å². The van der Waals surface area contributed by atoms with E-state index in [9.17, 15) is 4.39 Å². The Balaban J connectivity index is -0.0000000512. The standard InChI is InChI=1S/C5H13N.C3H5N.CH3F.Pr/c1-2-3-4-5-6;1-2-3-4;1-2;/h2-6H2,1H3;2H2,1H3;1H3;. The molecule has 0 aliphatic heterocycles. The number of unbranched alkanes of at least 4 members (excludes halogenated alkanes) is 2. The van der Waals surface area contributed by atoms with E-state index >= 15 is 0 Å². The fourth-order valence-corrected chi connectivity index (χ4v) is 0.394. The van der Waals surface area contributed by atoms with Crippen LogP contribution in [0.3, 0.4) is 0 Å². The molecule has 0 atom stereocenters. The van der Waals surface area contributed by atoms with E-state index in [-0.39, 0.29) is 41.3 Å². The van der Waals surface area contributed by atoms with Gasteiger partial charge in [-0.25, -0.2) is 0 Å². The molecule has 2 nitrogen and oxygen atoms in total. The van der Waals surface area contributed by atoms with Crippen LogP contribution in [0.1, 0.15) is 39.5 Å². The summed E-state index contributed by atoms with van der Waals surface area (Å²) in [7, 11) is 0.500. The van der Waals surface area contributed by atoms with Crippen LogP contribution >= 0.6 is 0 Å². The smallest absolute Gasteiger partial charge is 0.0785 e. The molecule has 77 valence electrons. The third-order valence-corrected chi connectivity index (χ3v) is 0.966. The quantitative estimate of drug-likeness (QED) is 0.814. The maximum atomic E-state index is 9.50. The van der Waals surface area contributed by atoms with Crippen LogP contribution in [0.25, 0.3) is 0 Å². The van der Waals surface area contributed by atoms with Gasteiger partial charge in [-0.1, -0.05) is 26.7 Å². The van der Waals surface area contributed by atoms with Crippen LogP contribution in [0.2, 0.25) is 0 Å². The van der Waals surface area contributed by atoms with E-state index in [0.29, 0.717) is 13.6 Å². The fraction of sp³-hybridized carbons (Fsp3) is 0.889. The number of nitrogens with zero attached hydrogens (tertiary/aromatic N) is 1. The van der Waals surface area contributed by atoms with Crippen LogP contribution in [-0.4, -0.2) is 13.7 Å². The fourth-order valence-electron chi connectivity index (χ4n) is 0.394. The summed E-state index contributed by atoms with van der Waals surface area (Å²) < 4.78 is 9.50. The predicted octanol–water partition coefficient (Wildman–Crippen LogP) is 2.64. The topological polar surface area (TPSA) is 49.8 Å². The van der Waals surface area contributed by atoms with Crippen LogP contribution in [-0.2, 0) is 0 Å². The Hall–Kier alpha value is 0.744. The Labute approximate surface area is 115 Å². The summed E-state index contributed by atoms with van der Waals surface area (Å²) in [5.41, 5.74) is 5.21. The Morgan fingerprint density at radius 3 is 1.69 bits per heavy atom. The van der Waals surface area contributed by atoms with Crippen molar-refractivity contribution in [2.45, 2.75) is 39.5 Å². The van der Waals surface area contributed by atoms with Gasteiger partial charge in [-0.2, -0.15) is 5.26 Å². The number of hydrogen-bond donors (Lipinski definition) is 1. The summed E-state index contributed by atoms with van der Waals surface area (Å²) in [4.78, 5) is 0. The summed E-state index contributed by atoms with van der Waals surface area (Å²) in [5, 5.41) is 7.62. The monoisotopic (exact) mass is 317 g/mol. The number of rotatable bonds is 3. The first kappa shape index (κ1) is 23.5. The average Bonchev–Trinajstić information content (AvgIpc) is 2.18. The van der Waals surface area contributed by atoms with E-state index in [1.54, 1.807) is 0 Å². The van der Waals surface area contributed by atoms with Gasteiger partial charge < -0.3 is 5.73 Å². The Bertz CT molecular complexity index is 80.2. The molecule has 0 bridgehead atoms. The van der Waals surface area contributed by atoms with Gasteiger partial charge >= 0.3 is 0 Å². The van der Waals surface area contributed by atoms with Crippen molar-refractivity contribution >= 4 is 0 Å². The first-order valence-electron chi connectivity index (χ1n) is 4.28. The normalized spacial score (nSPS) is 6.15. The van der Waals surface area contributed by atoms with Gasteiger partial charge in [0.25, 0.3) is 0 Å². The Morgan fingerprint density at radius 2 is 1.62 bits per heavy atom. The largest absolute Gasteiger partial charge is 0.330 e. The van der Waals surface area contributed by atoms with Crippen LogP contribution in [0.4, 0.5) is 4.39 Å². The van der Waals surface area contributed by atoms with Gasteiger partial charge in [-0.3, -0.25) is 4.39 Å².